The second-order valence-electron chi connectivity index (χ2n) is 13.8. The number of benzene rings is 8. The Bertz CT molecular complexity index is 3310. The van der Waals surface area contributed by atoms with Gasteiger partial charge in [0.1, 0.15) is 0 Å². The van der Waals surface area contributed by atoms with E-state index in [1.54, 1.807) is 0 Å². The summed E-state index contributed by atoms with van der Waals surface area (Å²) in [4.78, 5) is 10.8. The summed E-state index contributed by atoms with van der Waals surface area (Å²) in [5, 5.41) is 8.25. The van der Waals surface area contributed by atoms with Gasteiger partial charge in [-0.3, -0.25) is 4.57 Å². The fourth-order valence-corrected chi connectivity index (χ4v) is 8.85. The molecule has 0 radical (unpaired) electrons. The van der Waals surface area contributed by atoms with Gasteiger partial charge in [0.05, 0.1) is 39.0 Å². The summed E-state index contributed by atoms with van der Waals surface area (Å²) in [5.41, 5.74) is 13.6. The standard InChI is InChI=1S/C48H28N4/c1-2-14-30-27-31(26-25-29(30)13-1)46-36-19-5-9-21-39(36)49-48(50-46)52-42-24-12-8-20-37(42)44-43(52)28-38-34-17-7-11-23-41(34)51-40-22-10-6-16-33(40)32-15-3-4-18-35(32)45(44)47(38)51/h1-28H. The molecule has 0 unspecified atom stereocenters. The molecule has 8 aromatic carbocycles. The molecule has 0 saturated carbocycles. The fourth-order valence-electron chi connectivity index (χ4n) is 8.85. The van der Waals surface area contributed by atoms with Crippen molar-refractivity contribution in [2.45, 2.75) is 0 Å². The Morgan fingerprint density at radius 3 is 1.92 bits per heavy atom. The summed E-state index contributed by atoms with van der Waals surface area (Å²) < 4.78 is 4.79. The average molecular weight is 661 g/mol. The Balaban J connectivity index is 1.27. The first-order valence-electron chi connectivity index (χ1n) is 17.8. The van der Waals surface area contributed by atoms with E-state index in [1.165, 1.54) is 71.3 Å². The highest BCUT2D eigenvalue weighted by Crippen LogP contribution is 2.51. The number of hydrogen-bond acceptors (Lipinski definition) is 2. The van der Waals surface area contributed by atoms with Crippen molar-refractivity contribution in [2.24, 2.45) is 0 Å². The highest BCUT2D eigenvalue weighted by Gasteiger charge is 2.29. The van der Waals surface area contributed by atoms with Gasteiger partial charge in [0.2, 0.25) is 5.95 Å². The maximum absolute atomic E-state index is 5.48. The molecular formula is C48H28N4. The molecule has 52 heavy (non-hydrogen) atoms. The SMILES string of the molecule is c1ccc2c(c1)-c1ccccc1-n1c3ccccc3c3cc4c(c-2c31)c1ccccc1n4-c1nc(-c2ccc3ccccc3c2)c2ccccc2n1. The van der Waals surface area contributed by atoms with Gasteiger partial charge in [0.25, 0.3) is 0 Å². The van der Waals surface area contributed by atoms with Crippen molar-refractivity contribution in [3.8, 4) is 45.1 Å². The van der Waals surface area contributed by atoms with Crippen molar-refractivity contribution in [2.75, 3.05) is 0 Å². The molecule has 3 aromatic heterocycles. The molecule has 12 rings (SSSR count). The van der Waals surface area contributed by atoms with Crippen LogP contribution in [0, 0.1) is 0 Å². The van der Waals surface area contributed by atoms with Crippen LogP contribution in [0.1, 0.15) is 0 Å². The largest absolute Gasteiger partial charge is 0.308 e. The lowest BCUT2D eigenvalue weighted by Crippen LogP contribution is -2.03. The van der Waals surface area contributed by atoms with Crippen molar-refractivity contribution in [1.29, 1.82) is 0 Å². The van der Waals surface area contributed by atoms with Crippen molar-refractivity contribution >= 4 is 65.3 Å². The van der Waals surface area contributed by atoms with E-state index in [0.29, 0.717) is 5.95 Å². The Kier molecular flexibility index (Phi) is 5.47. The summed E-state index contributed by atoms with van der Waals surface area (Å²) in [6.07, 6.45) is 0. The molecule has 0 aliphatic carbocycles. The van der Waals surface area contributed by atoms with Gasteiger partial charge in [0, 0.05) is 43.6 Å². The molecule has 0 amide bonds. The van der Waals surface area contributed by atoms with Crippen molar-refractivity contribution < 1.29 is 0 Å². The molecule has 4 heteroatoms. The number of hydrogen-bond donors (Lipinski definition) is 0. The topological polar surface area (TPSA) is 35.6 Å². The Labute approximate surface area is 298 Å². The van der Waals surface area contributed by atoms with Gasteiger partial charge >= 0.3 is 0 Å². The summed E-state index contributed by atoms with van der Waals surface area (Å²) in [7, 11) is 0. The Hall–Kier alpha value is -7.04. The van der Waals surface area contributed by atoms with Gasteiger partial charge in [-0.1, -0.05) is 133 Å². The molecule has 11 aromatic rings. The monoisotopic (exact) mass is 660 g/mol. The van der Waals surface area contributed by atoms with Gasteiger partial charge in [-0.15, -0.1) is 0 Å². The van der Waals surface area contributed by atoms with Crippen LogP contribution in [0.4, 0.5) is 0 Å². The predicted molar refractivity (Wildman–Crippen MR) is 216 cm³/mol. The molecule has 0 fully saturated rings. The van der Waals surface area contributed by atoms with Gasteiger partial charge < -0.3 is 4.57 Å². The molecule has 0 atom stereocenters. The Morgan fingerprint density at radius 1 is 0.404 bits per heavy atom. The van der Waals surface area contributed by atoms with Gasteiger partial charge in [-0.25, -0.2) is 9.97 Å². The second-order valence-corrected chi connectivity index (χ2v) is 13.8. The average Bonchev–Trinajstić information content (AvgIpc) is 3.67. The van der Waals surface area contributed by atoms with Crippen LogP contribution >= 0.6 is 0 Å². The molecule has 0 bridgehead atoms. The number of fused-ring (bicyclic) bond motifs is 14. The van der Waals surface area contributed by atoms with E-state index >= 15 is 0 Å². The quantitative estimate of drug-likeness (QED) is 0.185. The lowest BCUT2D eigenvalue weighted by atomic mass is 9.91. The third-order valence-electron chi connectivity index (χ3n) is 11.0. The van der Waals surface area contributed by atoms with E-state index in [4.69, 9.17) is 9.97 Å². The van der Waals surface area contributed by atoms with E-state index in [1.807, 2.05) is 0 Å². The second kappa shape index (κ2) is 10.3. The van der Waals surface area contributed by atoms with Crippen LogP contribution in [0.5, 0.6) is 0 Å². The zero-order valence-electron chi connectivity index (χ0n) is 28.0. The minimum Gasteiger partial charge on any atom is -0.308 e. The molecule has 4 heterocycles. The van der Waals surface area contributed by atoms with Crippen LogP contribution < -0.4 is 0 Å². The molecule has 4 nitrogen and oxygen atoms in total. The summed E-state index contributed by atoms with van der Waals surface area (Å²) in [6, 6.07) is 61.2. The van der Waals surface area contributed by atoms with Crippen LogP contribution in [0.25, 0.3) is 110 Å². The molecule has 0 spiro atoms. The van der Waals surface area contributed by atoms with E-state index in [9.17, 15) is 0 Å². The molecule has 0 N–H and O–H groups in total. The summed E-state index contributed by atoms with van der Waals surface area (Å²) in [6.45, 7) is 0. The highest BCUT2D eigenvalue weighted by atomic mass is 15.2. The van der Waals surface area contributed by atoms with Gasteiger partial charge in [-0.2, -0.15) is 0 Å². The lowest BCUT2D eigenvalue weighted by Gasteiger charge is -2.13. The number of rotatable bonds is 2. The highest BCUT2D eigenvalue weighted by molar-refractivity contribution is 6.28. The van der Waals surface area contributed by atoms with Gasteiger partial charge in [0.15, 0.2) is 0 Å². The molecule has 240 valence electrons. The maximum Gasteiger partial charge on any atom is 0.235 e. The normalized spacial score (nSPS) is 12.2. The van der Waals surface area contributed by atoms with Gasteiger partial charge in [-0.05, 0) is 58.3 Å². The van der Waals surface area contributed by atoms with Crippen LogP contribution in [0.2, 0.25) is 0 Å². The first-order chi connectivity index (χ1) is 25.8. The lowest BCUT2D eigenvalue weighted by molar-refractivity contribution is 1.01. The molecule has 0 saturated heterocycles. The predicted octanol–water partition coefficient (Wildman–Crippen LogP) is 12.3. The number of nitrogens with zero attached hydrogens (tertiary/aromatic N) is 4. The van der Waals surface area contributed by atoms with E-state index < -0.39 is 0 Å². The van der Waals surface area contributed by atoms with Crippen LogP contribution in [-0.2, 0) is 0 Å². The van der Waals surface area contributed by atoms with Crippen molar-refractivity contribution in [3.05, 3.63) is 170 Å². The number of para-hydroxylation sites is 4. The molecule has 1 aliphatic heterocycles. The van der Waals surface area contributed by atoms with Crippen molar-refractivity contribution in [1.82, 2.24) is 19.1 Å². The number of aromatic nitrogens is 4. The van der Waals surface area contributed by atoms with Crippen LogP contribution in [0.3, 0.4) is 0 Å². The zero-order chi connectivity index (χ0) is 33.9. The maximum atomic E-state index is 5.48. The minimum atomic E-state index is 0.661. The van der Waals surface area contributed by atoms with E-state index in [0.717, 1.165) is 33.2 Å². The van der Waals surface area contributed by atoms with Crippen molar-refractivity contribution in [3.63, 3.8) is 0 Å². The van der Waals surface area contributed by atoms with Crippen LogP contribution in [-0.4, -0.2) is 19.1 Å². The van der Waals surface area contributed by atoms with E-state index in [-0.39, 0.29) is 0 Å². The smallest absolute Gasteiger partial charge is 0.235 e. The Morgan fingerprint density at radius 2 is 1.06 bits per heavy atom. The first kappa shape index (κ1) is 27.7. The third kappa shape index (κ3) is 3.65. The fraction of sp³-hybridized carbons (Fsp3) is 0. The summed E-state index contributed by atoms with van der Waals surface area (Å²) >= 11 is 0. The van der Waals surface area contributed by atoms with E-state index in [2.05, 4.69) is 179 Å². The summed E-state index contributed by atoms with van der Waals surface area (Å²) in [5.74, 6) is 0.661. The molecule has 1 aliphatic rings. The molecular weight excluding hydrogens is 633 g/mol. The third-order valence-corrected chi connectivity index (χ3v) is 11.0. The first-order valence-corrected chi connectivity index (χ1v) is 17.8. The van der Waals surface area contributed by atoms with Crippen LogP contribution in [0.15, 0.2) is 170 Å². The minimum absolute atomic E-state index is 0.661. The zero-order valence-corrected chi connectivity index (χ0v) is 28.0.